The minimum absolute atomic E-state index is 0.308. The van der Waals surface area contributed by atoms with Crippen molar-refractivity contribution in [3.05, 3.63) is 62.2 Å². The summed E-state index contributed by atoms with van der Waals surface area (Å²) in [5.41, 5.74) is 3.50. The van der Waals surface area contributed by atoms with Crippen molar-refractivity contribution < 1.29 is 9.53 Å². The second-order valence-electron chi connectivity index (χ2n) is 6.59. The zero-order valence-corrected chi connectivity index (χ0v) is 18.2. The summed E-state index contributed by atoms with van der Waals surface area (Å²) in [6, 6.07) is 12.0. The highest BCUT2D eigenvalue weighted by atomic mass is 35.5. The molecule has 0 aliphatic heterocycles. The van der Waals surface area contributed by atoms with Gasteiger partial charge in [-0.3, -0.25) is 4.79 Å². The van der Waals surface area contributed by atoms with Crippen molar-refractivity contribution in [1.29, 1.82) is 0 Å². The van der Waals surface area contributed by atoms with Crippen LogP contribution in [0.3, 0.4) is 0 Å². The number of fused-ring (bicyclic) bond motifs is 2. The molecule has 0 aliphatic rings. The van der Waals surface area contributed by atoms with Gasteiger partial charge in [0.1, 0.15) is 4.88 Å². The van der Waals surface area contributed by atoms with Gasteiger partial charge in [0.15, 0.2) is 4.80 Å². The maximum atomic E-state index is 13.0. The van der Waals surface area contributed by atoms with Crippen molar-refractivity contribution in [2.75, 3.05) is 13.7 Å². The van der Waals surface area contributed by atoms with Gasteiger partial charge in [-0.2, -0.15) is 4.99 Å². The molecule has 1 amide bonds. The molecule has 0 aliphatic carbocycles. The second-order valence-corrected chi connectivity index (χ2v) is 9.03. The Balaban J connectivity index is 1.87. The summed E-state index contributed by atoms with van der Waals surface area (Å²) in [7, 11) is 1.67. The number of carbonyl (C=O) groups excluding carboxylic acids is 1. The molecule has 2 heterocycles. The highest BCUT2D eigenvalue weighted by Crippen LogP contribution is 2.35. The van der Waals surface area contributed by atoms with E-state index in [1.807, 2.05) is 24.3 Å². The van der Waals surface area contributed by atoms with Gasteiger partial charge >= 0.3 is 0 Å². The molecule has 7 heteroatoms. The van der Waals surface area contributed by atoms with Gasteiger partial charge in [-0.1, -0.05) is 41.1 Å². The quantitative estimate of drug-likeness (QED) is 0.424. The zero-order valence-electron chi connectivity index (χ0n) is 15.8. The summed E-state index contributed by atoms with van der Waals surface area (Å²) >= 11 is 9.36. The van der Waals surface area contributed by atoms with Crippen molar-refractivity contribution in [2.45, 2.75) is 20.4 Å². The van der Waals surface area contributed by atoms with E-state index in [4.69, 9.17) is 16.3 Å². The Hall–Kier alpha value is -1.99. The molecule has 0 unspecified atom stereocenters. The van der Waals surface area contributed by atoms with E-state index in [2.05, 4.69) is 35.5 Å². The first-order valence-corrected chi connectivity index (χ1v) is 10.9. The molecule has 0 saturated carbocycles. The number of hydrogen-bond donors (Lipinski definition) is 0. The minimum atomic E-state index is -0.308. The third-order valence-electron chi connectivity index (χ3n) is 4.74. The van der Waals surface area contributed by atoms with E-state index in [1.165, 1.54) is 33.8 Å². The minimum Gasteiger partial charge on any atom is -0.383 e. The van der Waals surface area contributed by atoms with Crippen LogP contribution in [-0.2, 0) is 11.3 Å². The lowest BCUT2D eigenvalue weighted by atomic mass is 10.1. The van der Waals surface area contributed by atoms with E-state index >= 15 is 0 Å². The smallest absolute Gasteiger partial charge is 0.291 e. The van der Waals surface area contributed by atoms with Crippen LogP contribution in [0.5, 0.6) is 0 Å². The number of hydrogen-bond acceptors (Lipinski definition) is 4. The number of benzene rings is 2. The van der Waals surface area contributed by atoms with E-state index < -0.39 is 0 Å². The molecular weight excluding hydrogens is 412 g/mol. The molecular formula is C21H19ClN2O2S2. The summed E-state index contributed by atoms with van der Waals surface area (Å²) in [4.78, 5) is 18.6. The molecule has 28 heavy (non-hydrogen) atoms. The number of thiazole rings is 1. The summed E-state index contributed by atoms with van der Waals surface area (Å²) < 4.78 is 9.40. The van der Waals surface area contributed by atoms with Crippen LogP contribution in [0.4, 0.5) is 0 Å². The Kier molecular flexibility index (Phi) is 5.38. The normalized spacial score (nSPS) is 12.4. The number of halogens is 1. The molecule has 0 bridgehead atoms. The molecule has 2 aromatic heterocycles. The lowest BCUT2D eigenvalue weighted by Gasteiger charge is -2.06. The Bertz CT molecular complexity index is 1270. The van der Waals surface area contributed by atoms with Gasteiger partial charge in [0, 0.05) is 23.7 Å². The van der Waals surface area contributed by atoms with Crippen LogP contribution >= 0.6 is 34.3 Å². The fourth-order valence-electron chi connectivity index (χ4n) is 3.09. The Labute approximate surface area is 175 Å². The molecule has 0 spiro atoms. The van der Waals surface area contributed by atoms with Gasteiger partial charge in [-0.05, 0) is 43.2 Å². The first kappa shape index (κ1) is 19.3. The van der Waals surface area contributed by atoms with E-state index in [0.29, 0.717) is 27.9 Å². The molecule has 4 rings (SSSR count). The predicted octanol–water partition coefficient (Wildman–Crippen LogP) is 5.58. The fourth-order valence-corrected chi connectivity index (χ4v) is 5.63. The van der Waals surface area contributed by atoms with Crippen molar-refractivity contribution >= 4 is 60.5 Å². The van der Waals surface area contributed by atoms with Crippen LogP contribution in [0.25, 0.3) is 20.3 Å². The van der Waals surface area contributed by atoms with Gasteiger partial charge in [0.05, 0.1) is 21.8 Å². The van der Waals surface area contributed by atoms with Crippen LogP contribution in [0.1, 0.15) is 20.8 Å². The van der Waals surface area contributed by atoms with E-state index in [1.54, 1.807) is 7.11 Å². The van der Waals surface area contributed by atoms with Crippen LogP contribution < -0.4 is 4.80 Å². The SMILES string of the molecule is COCCn1c(=NC(=O)c2sc3ccccc3c2Cl)sc2cc(C)c(C)cc21. The lowest BCUT2D eigenvalue weighted by molar-refractivity contribution is 0.100. The number of aromatic nitrogens is 1. The van der Waals surface area contributed by atoms with Crippen molar-refractivity contribution in [3.63, 3.8) is 0 Å². The molecule has 0 fully saturated rings. The molecule has 144 valence electrons. The summed E-state index contributed by atoms with van der Waals surface area (Å²) in [6.07, 6.45) is 0. The predicted molar refractivity (Wildman–Crippen MR) is 118 cm³/mol. The van der Waals surface area contributed by atoms with Gasteiger partial charge < -0.3 is 9.30 Å². The third-order valence-corrected chi connectivity index (χ3v) is 7.45. The maximum Gasteiger partial charge on any atom is 0.291 e. The summed E-state index contributed by atoms with van der Waals surface area (Å²) in [5.74, 6) is -0.308. The van der Waals surface area contributed by atoms with E-state index in [9.17, 15) is 4.79 Å². The van der Waals surface area contributed by atoms with Crippen molar-refractivity contribution in [2.24, 2.45) is 4.99 Å². The largest absolute Gasteiger partial charge is 0.383 e. The van der Waals surface area contributed by atoms with Crippen LogP contribution in [0, 0.1) is 13.8 Å². The summed E-state index contributed by atoms with van der Waals surface area (Å²) in [5, 5.41) is 1.37. The highest BCUT2D eigenvalue weighted by molar-refractivity contribution is 7.21. The zero-order chi connectivity index (χ0) is 19.8. The Morgan fingerprint density at radius 2 is 1.89 bits per heavy atom. The average Bonchev–Trinajstić information content (AvgIpc) is 3.18. The van der Waals surface area contributed by atoms with E-state index in [-0.39, 0.29) is 5.91 Å². The van der Waals surface area contributed by atoms with Crippen molar-refractivity contribution in [1.82, 2.24) is 4.57 Å². The number of rotatable bonds is 4. The monoisotopic (exact) mass is 430 g/mol. The number of nitrogens with zero attached hydrogens (tertiary/aromatic N) is 2. The Morgan fingerprint density at radius 3 is 2.64 bits per heavy atom. The number of aryl methyl sites for hydroxylation is 2. The molecule has 0 atom stereocenters. The van der Waals surface area contributed by atoms with Crippen LogP contribution in [0.2, 0.25) is 5.02 Å². The number of thiophene rings is 1. The number of amides is 1. The molecule has 0 radical (unpaired) electrons. The number of ether oxygens (including phenoxy) is 1. The number of methoxy groups -OCH3 is 1. The van der Waals surface area contributed by atoms with Gasteiger partial charge in [-0.15, -0.1) is 11.3 Å². The van der Waals surface area contributed by atoms with Gasteiger partial charge in [0.2, 0.25) is 0 Å². The second kappa shape index (κ2) is 7.79. The maximum absolute atomic E-state index is 13.0. The van der Waals surface area contributed by atoms with Crippen LogP contribution in [0.15, 0.2) is 41.4 Å². The first-order chi connectivity index (χ1) is 13.5. The molecule has 4 nitrogen and oxygen atoms in total. The fraction of sp³-hybridized carbons (Fsp3) is 0.238. The topological polar surface area (TPSA) is 43.6 Å². The van der Waals surface area contributed by atoms with Gasteiger partial charge in [0.25, 0.3) is 5.91 Å². The highest BCUT2D eigenvalue weighted by Gasteiger charge is 2.17. The number of carbonyl (C=O) groups is 1. The Morgan fingerprint density at radius 1 is 1.14 bits per heavy atom. The standard InChI is InChI=1S/C21H19ClN2O2S2/c1-12-10-15-17(11-13(12)2)28-21(24(15)8-9-26-3)23-20(25)19-18(22)14-6-4-5-7-16(14)27-19/h4-7,10-11H,8-9H2,1-3H3. The molecule has 0 saturated heterocycles. The first-order valence-electron chi connectivity index (χ1n) is 8.85. The summed E-state index contributed by atoms with van der Waals surface area (Å²) in [6.45, 7) is 5.36. The van der Waals surface area contributed by atoms with Crippen molar-refractivity contribution in [3.8, 4) is 0 Å². The third kappa shape index (κ3) is 3.42. The lowest BCUT2D eigenvalue weighted by Crippen LogP contribution is -2.19. The average molecular weight is 431 g/mol. The molecule has 4 aromatic rings. The van der Waals surface area contributed by atoms with Gasteiger partial charge in [-0.25, -0.2) is 0 Å². The van der Waals surface area contributed by atoms with Crippen LogP contribution in [-0.4, -0.2) is 24.2 Å². The molecule has 0 N–H and O–H groups in total. The van der Waals surface area contributed by atoms with E-state index in [0.717, 1.165) is 20.3 Å². The molecule has 2 aromatic carbocycles.